The molecule has 2 aromatic rings. The average Bonchev–Trinajstić information content (AvgIpc) is 2.99. The lowest BCUT2D eigenvalue weighted by molar-refractivity contribution is 0.600. The molecule has 2 heterocycles. The van der Waals surface area contributed by atoms with Gasteiger partial charge >= 0.3 is 0 Å². The molecule has 5 nitrogen and oxygen atoms in total. The first-order chi connectivity index (χ1) is 10.1. The normalized spacial score (nSPS) is 14.1. The number of thioether (sulfide) groups is 1. The number of benzene rings is 1. The van der Waals surface area contributed by atoms with Crippen molar-refractivity contribution in [2.75, 3.05) is 16.2 Å². The summed E-state index contributed by atoms with van der Waals surface area (Å²) in [6.45, 7) is 2.85. The van der Waals surface area contributed by atoms with Crippen LogP contribution in [0.5, 0.6) is 0 Å². The average molecular weight is 323 g/mol. The molecule has 21 heavy (non-hydrogen) atoms. The van der Waals surface area contributed by atoms with Gasteiger partial charge in [0, 0.05) is 29.7 Å². The highest BCUT2D eigenvalue weighted by Gasteiger charge is 2.15. The maximum atomic E-state index is 11.7. The van der Waals surface area contributed by atoms with Gasteiger partial charge in [-0.05, 0) is 18.6 Å². The van der Waals surface area contributed by atoms with E-state index in [9.17, 15) is 8.42 Å². The second-order valence-corrected chi connectivity index (χ2v) is 7.85. The quantitative estimate of drug-likeness (QED) is 0.919. The predicted molar refractivity (Wildman–Crippen MR) is 86.1 cm³/mol. The SMILES string of the molecule is CCCS(=O)(=O)Nc1ccc(-c2cn3c(n2)SCC3)cc1. The van der Waals surface area contributed by atoms with Crippen LogP contribution < -0.4 is 4.72 Å². The molecule has 3 rings (SSSR count). The molecule has 0 saturated heterocycles. The Morgan fingerprint density at radius 2 is 2.10 bits per heavy atom. The summed E-state index contributed by atoms with van der Waals surface area (Å²) >= 11 is 1.76. The minimum atomic E-state index is -3.23. The molecule has 1 aromatic carbocycles. The van der Waals surface area contributed by atoms with Crippen molar-refractivity contribution in [3.63, 3.8) is 0 Å². The van der Waals surface area contributed by atoms with Gasteiger partial charge in [0.15, 0.2) is 5.16 Å². The Balaban J connectivity index is 1.77. The third kappa shape index (κ3) is 3.24. The van der Waals surface area contributed by atoms with Gasteiger partial charge in [-0.15, -0.1) is 0 Å². The predicted octanol–water partition coefficient (Wildman–Crippen LogP) is 2.81. The Labute approximate surface area is 128 Å². The third-order valence-corrected chi connectivity index (χ3v) is 5.69. The van der Waals surface area contributed by atoms with Crippen LogP contribution in [0.2, 0.25) is 0 Å². The van der Waals surface area contributed by atoms with Gasteiger partial charge in [0.05, 0.1) is 11.4 Å². The fraction of sp³-hybridized carbons (Fsp3) is 0.357. The first-order valence-electron chi connectivity index (χ1n) is 6.88. The molecule has 0 fully saturated rings. The van der Waals surface area contributed by atoms with Crippen molar-refractivity contribution in [2.24, 2.45) is 0 Å². The van der Waals surface area contributed by atoms with Gasteiger partial charge in [-0.1, -0.05) is 30.8 Å². The van der Waals surface area contributed by atoms with E-state index in [0.717, 1.165) is 28.7 Å². The van der Waals surface area contributed by atoms with Crippen LogP contribution in [0.3, 0.4) is 0 Å². The smallest absolute Gasteiger partial charge is 0.232 e. The van der Waals surface area contributed by atoms with Gasteiger partial charge in [0.1, 0.15) is 0 Å². The number of nitrogens with zero attached hydrogens (tertiary/aromatic N) is 2. The van der Waals surface area contributed by atoms with Crippen LogP contribution in [-0.4, -0.2) is 29.5 Å². The van der Waals surface area contributed by atoms with Crippen LogP contribution in [0.4, 0.5) is 5.69 Å². The van der Waals surface area contributed by atoms with Crippen LogP contribution in [0, 0.1) is 0 Å². The topological polar surface area (TPSA) is 64.0 Å². The number of fused-ring (bicyclic) bond motifs is 1. The fourth-order valence-electron chi connectivity index (χ4n) is 2.26. The van der Waals surface area contributed by atoms with Crippen molar-refractivity contribution >= 4 is 27.5 Å². The molecule has 1 aliphatic rings. The highest BCUT2D eigenvalue weighted by Crippen LogP contribution is 2.29. The number of imidazole rings is 1. The fourth-order valence-corrected chi connectivity index (χ4v) is 4.34. The monoisotopic (exact) mass is 323 g/mol. The van der Waals surface area contributed by atoms with Crippen LogP contribution in [0.25, 0.3) is 11.3 Å². The Kier molecular flexibility index (Phi) is 3.95. The van der Waals surface area contributed by atoms with E-state index in [-0.39, 0.29) is 5.75 Å². The largest absolute Gasteiger partial charge is 0.325 e. The lowest BCUT2D eigenvalue weighted by Crippen LogP contribution is -2.15. The van der Waals surface area contributed by atoms with E-state index in [1.807, 2.05) is 25.3 Å². The van der Waals surface area contributed by atoms with Crippen LogP contribution >= 0.6 is 11.8 Å². The van der Waals surface area contributed by atoms with E-state index in [1.165, 1.54) is 0 Å². The number of sulfonamides is 1. The van der Waals surface area contributed by atoms with Gasteiger partial charge in [-0.25, -0.2) is 13.4 Å². The summed E-state index contributed by atoms with van der Waals surface area (Å²) < 4.78 is 28.2. The number of anilines is 1. The molecule has 1 aliphatic heterocycles. The highest BCUT2D eigenvalue weighted by molar-refractivity contribution is 7.99. The number of hydrogen-bond acceptors (Lipinski definition) is 4. The molecular weight excluding hydrogens is 306 g/mol. The molecule has 7 heteroatoms. The van der Waals surface area contributed by atoms with Gasteiger partial charge in [0.2, 0.25) is 10.0 Å². The molecule has 1 aromatic heterocycles. The first kappa shape index (κ1) is 14.5. The van der Waals surface area contributed by atoms with Crippen molar-refractivity contribution in [1.82, 2.24) is 9.55 Å². The Bertz CT molecular complexity index is 715. The van der Waals surface area contributed by atoms with Crippen molar-refractivity contribution in [2.45, 2.75) is 25.0 Å². The standard InChI is InChI=1S/C14H17N3O2S2/c1-2-9-21(18,19)16-12-5-3-11(4-6-12)13-10-17-7-8-20-14(17)15-13/h3-6,10,16H,2,7-9H2,1H3. The summed E-state index contributed by atoms with van der Waals surface area (Å²) in [6, 6.07) is 7.35. The van der Waals surface area contributed by atoms with Crippen molar-refractivity contribution in [3.05, 3.63) is 30.5 Å². The molecule has 1 N–H and O–H groups in total. The molecular formula is C14H17N3O2S2. The van der Waals surface area contributed by atoms with E-state index >= 15 is 0 Å². The highest BCUT2D eigenvalue weighted by atomic mass is 32.2. The lowest BCUT2D eigenvalue weighted by atomic mass is 10.1. The van der Waals surface area contributed by atoms with Crippen LogP contribution in [-0.2, 0) is 16.6 Å². The summed E-state index contributed by atoms with van der Waals surface area (Å²) in [7, 11) is -3.23. The zero-order valence-electron chi connectivity index (χ0n) is 11.7. The molecule has 0 atom stereocenters. The van der Waals surface area contributed by atoms with Crippen molar-refractivity contribution in [1.29, 1.82) is 0 Å². The third-order valence-electron chi connectivity index (χ3n) is 3.23. The zero-order chi connectivity index (χ0) is 14.9. The molecule has 112 valence electrons. The molecule has 0 unspecified atom stereocenters. The van der Waals surface area contributed by atoms with Gasteiger partial charge in [-0.2, -0.15) is 0 Å². The van der Waals surface area contributed by atoms with Gasteiger partial charge in [0.25, 0.3) is 0 Å². The van der Waals surface area contributed by atoms with Crippen LogP contribution in [0.1, 0.15) is 13.3 Å². The van der Waals surface area contributed by atoms with Gasteiger partial charge in [-0.3, -0.25) is 4.72 Å². The van der Waals surface area contributed by atoms with Crippen molar-refractivity contribution in [3.8, 4) is 11.3 Å². The zero-order valence-corrected chi connectivity index (χ0v) is 13.4. The molecule has 0 bridgehead atoms. The maximum absolute atomic E-state index is 11.7. The number of hydrogen-bond donors (Lipinski definition) is 1. The van der Waals surface area contributed by atoms with Crippen molar-refractivity contribution < 1.29 is 8.42 Å². The minimum Gasteiger partial charge on any atom is -0.325 e. The molecule has 0 amide bonds. The minimum absolute atomic E-state index is 0.139. The summed E-state index contributed by atoms with van der Waals surface area (Å²) in [6.07, 6.45) is 2.65. The summed E-state index contributed by atoms with van der Waals surface area (Å²) in [5.74, 6) is 1.22. The molecule has 0 saturated carbocycles. The molecule has 0 spiro atoms. The van der Waals surface area contributed by atoms with E-state index < -0.39 is 10.0 Å². The van der Waals surface area contributed by atoms with E-state index in [2.05, 4.69) is 14.3 Å². The Hall–Kier alpha value is -1.47. The second kappa shape index (κ2) is 5.73. The number of aromatic nitrogens is 2. The summed E-state index contributed by atoms with van der Waals surface area (Å²) in [5.41, 5.74) is 2.52. The number of aryl methyl sites for hydroxylation is 1. The maximum Gasteiger partial charge on any atom is 0.232 e. The first-order valence-corrected chi connectivity index (χ1v) is 9.52. The van der Waals surface area contributed by atoms with Crippen LogP contribution in [0.15, 0.2) is 35.6 Å². The summed E-state index contributed by atoms with van der Waals surface area (Å²) in [5, 5.41) is 1.05. The number of nitrogens with one attached hydrogen (secondary N) is 1. The van der Waals surface area contributed by atoms with E-state index in [4.69, 9.17) is 0 Å². The van der Waals surface area contributed by atoms with Gasteiger partial charge < -0.3 is 4.57 Å². The van der Waals surface area contributed by atoms with E-state index in [0.29, 0.717) is 12.1 Å². The molecule has 0 aliphatic carbocycles. The summed E-state index contributed by atoms with van der Waals surface area (Å²) in [4.78, 5) is 4.58. The lowest BCUT2D eigenvalue weighted by Gasteiger charge is -2.07. The number of rotatable bonds is 5. The Morgan fingerprint density at radius 3 is 2.76 bits per heavy atom. The Morgan fingerprint density at radius 1 is 1.33 bits per heavy atom. The van der Waals surface area contributed by atoms with E-state index in [1.54, 1.807) is 23.9 Å². The molecule has 0 radical (unpaired) electrons. The second-order valence-electron chi connectivity index (χ2n) is 4.95.